The highest BCUT2D eigenvalue weighted by molar-refractivity contribution is 6.33. The summed E-state index contributed by atoms with van der Waals surface area (Å²) in [7, 11) is 0. The minimum atomic E-state index is -0.547. The molecule has 4 rings (SSSR count). The van der Waals surface area contributed by atoms with Crippen LogP contribution in [0.15, 0.2) is 36.5 Å². The molecule has 1 aromatic carbocycles. The molecule has 0 aliphatic carbocycles. The number of pyridine rings is 1. The van der Waals surface area contributed by atoms with Crippen LogP contribution in [0, 0.1) is 5.92 Å². The van der Waals surface area contributed by atoms with Crippen molar-refractivity contribution in [3.05, 3.63) is 47.1 Å². The van der Waals surface area contributed by atoms with E-state index in [9.17, 15) is 9.59 Å². The number of carbonyl (C=O) groups is 2. The van der Waals surface area contributed by atoms with E-state index in [1.54, 1.807) is 11.0 Å². The standard InChI is InChI=1S/C23H27ClN4O4/c1-14(2)26-22(29)32-17-10-18(24)21(25-11-17)27-9-8-19(15(3)12-27)28-20-7-5-4-6-16(20)13-31-23(28)30/h4-7,10-11,14-15,19H,8-9,12-13H2,1-3H3,(H,26,29)/t15-,19-/m0/s1. The van der Waals surface area contributed by atoms with Gasteiger partial charge in [0.1, 0.15) is 12.4 Å². The SMILES string of the molecule is CC(C)NC(=O)Oc1cnc(N2CC[C@H](N3C(=O)OCc4ccccc43)[C@@H](C)C2)c(Cl)c1. The summed E-state index contributed by atoms with van der Waals surface area (Å²) in [5.74, 6) is 1.08. The molecule has 2 aliphatic rings. The molecule has 2 atom stereocenters. The van der Waals surface area contributed by atoms with Gasteiger partial charge in [-0.25, -0.2) is 14.6 Å². The Hall–Kier alpha value is -3.00. The van der Waals surface area contributed by atoms with Gasteiger partial charge in [-0.1, -0.05) is 36.7 Å². The third-order valence-electron chi connectivity index (χ3n) is 5.70. The number of nitrogens with zero attached hydrogens (tertiary/aromatic N) is 3. The number of cyclic esters (lactones) is 1. The number of amides is 2. The topological polar surface area (TPSA) is 84.0 Å². The van der Waals surface area contributed by atoms with Crippen molar-refractivity contribution in [3.63, 3.8) is 0 Å². The number of ether oxygens (including phenoxy) is 2. The number of fused-ring (bicyclic) bond motifs is 1. The van der Waals surface area contributed by atoms with Crippen LogP contribution < -0.4 is 19.9 Å². The first-order valence-corrected chi connectivity index (χ1v) is 11.1. The molecular weight excluding hydrogens is 432 g/mol. The summed E-state index contributed by atoms with van der Waals surface area (Å²) < 4.78 is 10.6. The highest BCUT2D eigenvalue weighted by atomic mass is 35.5. The number of para-hydroxylation sites is 1. The highest BCUT2D eigenvalue weighted by Crippen LogP contribution is 2.36. The summed E-state index contributed by atoms with van der Waals surface area (Å²) in [6.07, 6.45) is 1.40. The molecular formula is C23H27ClN4O4. The molecule has 32 heavy (non-hydrogen) atoms. The minimum Gasteiger partial charge on any atom is -0.444 e. The van der Waals surface area contributed by atoms with Crippen molar-refractivity contribution in [1.82, 2.24) is 10.3 Å². The number of piperidine rings is 1. The molecule has 0 radical (unpaired) electrons. The van der Waals surface area contributed by atoms with Gasteiger partial charge < -0.3 is 19.7 Å². The number of hydrogen-bond acceptors (Lipinski definition) is 6. The van der Waals surface area contributed by atoms with E-state index in [1.165, 1.54) is 6.20 Å². The normalized spacial score (nSPS) is 20.6. The maximum absolute atomic E-state index is 12.6. The molecule has 2 aromatic rings. The molecule has 170 valence electrons. The number of rotatable bonds is 4. The second-order valence-electron chi connectivity index (χ2n) is 8.50. The summed E-state index contributed by atoms with van der Waals surface area (Å²) >= 11 is 6.47. The highest BCUT2D eigenvalue weighted by Gasteiger charge is 2.38. The van der Waals surface area contributed by atoms with Crippen molar-refractivity contribution >= 4 is 35.3 Å². The van der Waals surface area contributed by atoms with E-state index in [0.717, 1.165) is 17.7 Å². The van der Waals surface area contributed by atoms with Crippen LogP contribution in [0.3, 0.4) is 0 Å². The zero-order chi connectivity index (χ0) is 22.8. The van der Waals surface area contributed by atoms with Crippen LogP contribution in [-0.4, -0.2) is 42.3 Å². The number of nitrogens with one attached hydrogen (secondary N) is 1. The Morgan fingerprint density at radius 2 is 2.12 bits per heavy atom. The average Bonchev–Trinajstić information content (AvgIpc) is 2.74. The van der Waals surface area contributed by atoms with Gasteiger partial charge in [-0.15, -0.1) is 0 Å². The Morgan fingerprint density at radius 1 is 1.34 bits per heavy atom. The third-order valence-corrected chi connectivity index (χ3v) is 5.98. The number of anilines is 2. The number of benzene rings is 1. The van der Waals surface area contributed by atoms with Gasteiger partial charge in [0, 0.05) is 36.8 Å². The van der Waals surface area contributed by atoms with E-state index in [1.807, 2.05) is 38.1 Å². The lowest BCUT2D eigenvalue weighted by molar-refractivity contribution is 0.134. The van der Waals surface area contributed by atoms with Crippen molar-refractivity contribution in [1.29, 1.82) is 0 Å². The van der Waals surface area contributed by atoms with E-state index in [-0.39, 0.29) is 29.8 Å². The van der Waals surface area contributed by atoms with Gasteiger partial charge in [0.2, 0.25) is 0 Å². The van der Waals surface area contributed by atoms with Gasteiger partial charge >= 0.3 is 12.2 Å². The predicted octanol–water partition coefficient (Wildman–Crippen LogP) is 4.60. The Kier molecular flexibility index (Phi) is 6.41. The van der Waals surface area contributed by atoms with Crippen molar-refractivity contribution in [2.24, 2.45) is 5.92 Å². The summed E-state index contributed by atoms with van der Waals surface area (Å²) in [6.45, 7) is 7.48. The van der Waals surface area contributed by atoms with Crippen LogP contribution >= 0.6 is 11.6 Å². The Labute approximate surface area is 192 Å². The van der Waals surface area contributed by atoms with E-state index in [4.69, 9.17) is 21.1 Å². The number of carbonyl (C=O) groups excluding carboxylic acids is 2. The van der Waals surface area contributed by atoms with Gasteiger partial charge in [0.05, 0.1) is 16.9 Å². The van der Waals surface area contributed by atoms with Crippen molar-refractivity contribution in [2.45, 2.75) is 45.9 Å². The van der Waals surface area contributed by atoms with Crippen LogP contribution in [0.1, 0.15) is 32.8 Å². The lowest BCUT2D eigenvalue weighted by Gasteiger charge is -2.44. The fourth-order valence-electron chi connectivity index (χ4n) is 4.27. The van der Waals surface area contributed by atoms with E-state index < -0.39 is 6.09 Å². The van der Waals surface area contributed by atoms with Gasteiger partial charge in [0.15, 0.2) is 5.75 Å². The number of halogens is 1. The molecule has 8 nitrogen and oxygen atoms in total. The molecule has 3 heterocycles. The van der Waals surface area contributed by atoms with E-state index >= 15 is 0 Å². The fourth-order valence-corrected chi connectivity index (χ4v) is 4.55. The maximum atomic E-state index is 12.6. The van der Waals surface area contributed by atoms with Crippen molar-refractivity contribution < 1.29 is 19.1 Å². The molecule has 1 saturated heterocycles. The Morgan fingerprint density at radius 3 is 2.84 bits per heavy atom. The molecule has 1 fully saturated rings. The molecule has 0 saturated carbocycles. The first-order valence-electron chi connectivity index (χ1n) is 10.8. The zero-order valence-electron chi connectivity index (χ0n) is 18.4. The smallest absolute Gasteiger partial charge is 0.414 e. The van der Waals surface area contributed by atoms with Gasteiger partial charge in [-0.05, 0) is 32.3 Å². The molecule has 0 spiro atoms. The number of hydrogen-bond donors (Lipinski definition) is 1. The first-order chi connectivity index (χ1) is 15.3. The first kappa shape index (κ1) is 22.2. The van der Waals surface area contributed by atoms with Crippen molar-refractivity contribution in [3.8, 4) is 5.75 Å². The summed E-state index contributed by atoms with van der Waals surface area (Å²) in [6, 6.07) is 9.44. The summed E-state index contributed by atoms with van der Waals surface area (Å²) in [4.78, 5) is 32.7. The molecule has 2 amide bonds. The van der Waals surface area contributed by atoms with Crippen LogP contribution in [0.25, 0.3) is 0 Å². The largest absolute Gasteiger partial charge is 0.444 e. The van der Waals surface area contributed by atoms with Gasteiger partial charge in [0.25, 0.3) is 0 Å². The van der Waals surface area contributed by atoms with Crippen LogP contribution in [0.5, 0.6) is 5.75 Å². The molecule has 9 heteroatoms. The number of aromatic nitrogens is 1. The quantitative estimate of drug-likeness (QED) is 0.720. The third kappa shape index (κ3) is 4.60. The molecule has 0 unspecified atom stereocenters. The Bertz CT molecular complexity index is 1020. The molecule has 1 aromatic heterocycles. The molecule has 0 bridgehead atoms. The van der Waals surface area contributed by atoms with Gasteiger partial charge in [-0.2, -0.15) is 0 Å². The fraction of sp³-hybridized carbons (Fsp3) is 0.435. The van der Waals surface area contributed by atoms with Gasteiger partial charge in [-0.3, -0.25) is 4.90 Å². The Balaban J connectivity index is 1.46. The summed E-state index contributed by atoms with van der Waals surface area (Å²) in [5, 5.41) is 3.07. The monoisotopic (exact) mass is 458 g/mol. The van der Waals surface area contributed by atoms with Crippen LogP contribution in [0.2, 0.25) is 5.02 Å². The van der Waals surface area contributed by atoms with E-state index in [2.05, 4.69) is 22.1 Å². The second kappa shape index (κ2) is 9.24. The lowest BCUT2D eigenvalue weighted by atomic mass is 9.91. The lowest BCUT2D eigenvalue weighted by Crippen LogP contribution is -2.54. The zero-order valence-corrected chi connectivity index (χ0v) is 19.1. The molecule has 2 aliphatic heterocycles. The maximum Gasteiger partial charge on any atom is 0.414 e. The second-order valence-corrected chi connectivity index (χ2v) is 8.90. The van der Waals surface area contributed by atoms with E-state index in [0.29, 0.717) is 30.5 Å². The van der Waals surface area contributed by atoms with Crippen LogP contribution in [-0.2, 0) is 11.3 Å². The predicted molar refractivity (Wildman–Crippen MR) is 122 cm³/mol. The molecule has 1 N–H and O–H groups in total. The summed E-state index contributed by atoms with van der Waals surface area (Å²) in [5.41, 5.74) is 1.94. The van der Waals surface area contributed by atoms with Crippen molar-refractivity contribution in [2.75, 3.05) is 22.9 Å². The average molecular weight is 459 g/mol. The minimum absolute atomic E-state index is 0.0151. The van der Waals surface area contributed by atoms with Crippen LogP contribution in [0.4, 0.5) is 21.1 Å².